The second-order valence-corrected chi connectivity index (χ2v) is 47.0. The lowest BCUT2D eigenvalue weighted by Crippen LogP contribution is -2.67. The van der Waals surface area contributed by atoms with Gasteiger partial charge in [0.25, 0.3) is 0 Å². The van der Waals surface area contributed by atoms with Gasteiger partial charge in [-0.25, -0.2) is 9.59 Å². The summed E-state index contributed by atoms with van der Waals surface area (Å²) in [7, 11) is 0. The van der Waals surface area contributed by atoms with Crippen LogP contribution in [-0.2, 0) is 100 Å². The third-order valence-corrected chi connectivity index (χ3v) is 35.6. The summed E-state index contributed by atoms with van der Waals surface area (Å²) in [6.07, 6.45) is 35.1. The van der Waals surface area contributed by atoms with Crippen LogP contribution in [0.4, 0.5) is 0 Å². The van der Waals surface area contributed by atoms with Gasteiger partial charge in [-0.05, 0) is 360 Å². The number of aliphatic hydroxyl groups is 2. The highest BCUT2D eigenvalue weighted by molar-refractivity contribution is 5.84. The molecule has 0 aromatic carbocycles. The standard InChI is InChI=1S/C28H42O5.C18H30O2.C16H22O6.C16H26O4.C14H26O2.C10H16O4.12CH4/c1-4-27(2,3)25(29)33-24-21-10-18-11-22(24)14-28(12-18,13-21)26(30)32-15-31-23-19-6-16-5-17(8-19)9-20(23)7-16;1-5-17(3,4)16(19)20-18(6-2)14-8-12-7-13(10-14)11-15(18)9-12;1-4-16(2,3)15(19)20-7-11(17)21-12-8-5-9-10(6-8)14(18)22-13(9)12;1-4-13(2,3)12(17)20-16-7-11-5-14(18,9-16)8-15(19,6-11)10-16;1-5-13(3,4)12(15)16-14(6-2)10-8-7-9-11-14;1-4-10(2,3)9(12)14-7-5-6-13-8(7)11;;;;;;;;;;;;/h16-24H,4-15H2,1-3H3;12-15H,5-11H2,1-4H3;8-10,12-13H,4-7H2,1-3H3;11,18-19H,4-10H2,1-3H3;5-11H2,1-4H3;7H,4-6H2,1-3H3;12*1H4. The second-order valence-electron chi connectivity index (χ2n) is 47.0. The molecule has 10 atom stereocenters. The van der Waals surface area contributed by atoms with Crippen molar-refractivity contribution in [3.05, 3.63) is 0 Å². The van der Waals surface area contributed by atoms with E-state index in [4.69, 9.17) is 52.1 Å². The number of esters is 10. The molecule has 21 aliphatic rings. The van der Waals surface area contributed by atoms with E-state index in [0.29, 0.717) is 92.7 Å². The molecule has 0 aromatic rings. The summed E-state index contributed by atoms with van der Waals surface area (Å²) in [6.45, 7) is 39.2. The van der Waals surface area contributed by atoms with Crippen molar-refractivity contribution in [2.45, 2.75) is 524 Å². The molecule has 137 heavy (non-hydrogen) atoms. The van der Waals surface area contributed by atoms with Crippen LogP contribution in [0.25, 0.3) is 0 Å². The number of carbonyl (C=O) groups excluding carboxylic acids is 10. The summed E-state index contributed by atoms with van der Waals surface area (Å²) < 4.78 is 61.8. The number of ether oxygens (including phenoxy) is 11. The van der Waals surface area contributed by atoms with Crippen LogP contribution >= 0.6 is 0 Å². The Kier molecular flexibility index (Phi) is 48.9. The highest BCUT2D eigenvalue weighted by Gasteiger charge is 2.67. The van der Waals surface area contributed by atoms with Gasteiger partial charge in [0.15, 0.2) is 13.4 Å². The molecule has 2 N–H and O–H groups in total. The molecule has 2 heterocycles. The summed E-state index contributed by atoms with van der Waals surface area (Å²) in [4.78, 5) is 121. The summed E-state index contributed by atoms with van der Waals surface area (Å²) in [5, 5.41) is 21.3. The van der Waals surface area contributed by atoms with Gasteiger partial charge in [0.05, 0.1) is 67.7 Å². The highest BCUT2D eigenvalue weighted by atomic mass is 16.7. The van der Waals surface area contributed by atoms with Crippen molar-refractivity contribution >= 4 is 59.7 Å². The molecular formula is C114H210O23. The van der Waals surface area contributed by atoms with Crippen molar-refractivity contribution < 1.29 is 110 Å². The number of hydrogen-bond donors (Lipinski definition) is 2. The summed E-state index contributed by atoms with van der Waals surface area (Å²) in [5.41, 5.74) is -5.75. The summed E-state index contributed by atoms with van der Waals surface area (Å²) in [5.74, 6) is 5.95. The number of carbonyl (C=O) groups is 10. The normalized spacial score (nSPS) is 34.7. The van der Waals surface area contributed by atoms with E-state index in [9.17, 15) is 58.2 Å². The predicted molar refractivity (Wildman–Crippen MR) is 548 cm³/mol. The minimum atomic E-state index is -0.842. The maximum absolute atomic E-state index is 13.4. The van der Waals surface area contributed by atoms with Gasteiger partial charge in [-0.2, -0.15) is 0 Å². The number of cyclic esters (lactones) is 1. The molecule has 18 bridgehead atoms. The molecule has 2 saturated heterocycles. The first-order chi connectivity index (χ1) is 58.5. The van der Waals surface area contributed by atoms with Crippen LogP contribution in [0, 0.1) is 127 Å². The Hall–Kier alpha value is -5.42. The van der Waals surface area contributed by atoms with E-state index in [1.807, 2.05) is 90.0 Å². The van der Waals surface area contributed by atoms with Crippen LogP contribution < -0.4 is 0 Å². The molecule has 0 radical (unpaired) electrons. The van der Waals surface area contributed by atoms with E-state index in [-0.39, 0.29) is 214 Å². The van der Waals surface area contributed by atoms with E-state index < -0.39 is 62.5 Å². The summed E-state index contributed by atoms with van der Waals surface area (Å²) >= 11 is 0. The van der Waals surface area contributed by atoms with Crippen LogP contribution in [0.3, 0.4) is 0 Å². The molecule has 804 valence electrons. The maximum Gasteiger partial charge on any atom is 0.347 e. The Morgan fingerprint density at radius 3 is 1.25 bits per heavy atom. The van der Waals surface area contributed by atoms with Gasteiger partial charge in [0.2, 0.25) is 6.10 Å². The zero-order valence-electron chi connectivity index (χ0n) is 80.3. The van der Waals surface area contributed by atoms with E-state index in [2.05, 4.69) is 20.8 Å². The van der Waals surface area contributed by atoms with Crippen molar-refractivity contribution in [2.24, 2.45) is 127 Å². The Labute approximate surface area is 835 Å². The van der Waals surface area contributed by atoms with Crippen LogP contribution in [0.15, 0.2) is 0 Å². The largest absolute Gasteiger partial charge is 0.463 e. The third kappa shape index (κ3) is 28.6. The third-order valence-electron chi connectivity index (χ3n) is 35.6. The molecule has 23 nitrogen and oxygen atoms in total. The number of fused-ring (bicyclic) bond motifs is 1. The summed E-state index contributed by atoms with van der Waals surface area (Å²) in [6, 6.07) is 0. The minimum Gasteiger partial charge on any atom is -0.463 e. The van der Waals surface area contributed by atoms with Crippen molar-refractivity contribution in [2.75, 3.05) is 20.0 Å². The Bertz CT molecular complexity index is 3770. The molecule has 21 rings (SSSR count). The highest BCUT2D eigenvalue weighted by Crippen LogP contribution is 2.65. The molecule has 21 fully saturated rings. The lowest BCUT2D eigenvalue weighted by molar-refractivity contribution is -0.264. The SMILES string of the molecule is C.C.C.C.C.C.C.C.C.C.C.C.CCC(C)(C)C(=O)OC1(CC)C2CC3CC(C2)CC1C3.CCC(C)(C)C(=O)OC12CC3CC(O)(CC(O)(C3)C1)C2.CCC(C)(C)C(=O)OC1C2CC3CC1CC(C(=O)OCOC1C4CC5CC(C4)CC1C5)(C3)C2.CCC(C)(C)C(=O)OC1CCOC1=O.CCC(C)(C)C(=O)OCC(=O)OC1C2CC3C(=O)OC1C3C2.CCC1(OC(=O)C(C)(C)CC)CCCCC1. The van der Waals surface area contributed by atoms with Crippen molar-refractivity contribution in [3.8, 4) is 0 Å². The topological polar surface area (TPSA) is 313 Å². The number of rotatable bonds is 26. The van der Waals surface area contributed by atoms with Crippen LogP contribution in [-0.4, -0.2) is 148 Å². The molecule has 2 aliphatic heterocycles. The van der Waals surface area contributed by atoms with Crippen molar-refractivity contribution in [3.63, 3.8) is 0 Å². The van der Waals surface area contributed by atoms with E-state index in [0.717, 1.165) is 139 Å². The molecule has 19 aliphatic carbocycles. The van der Waals surface area contributed by atoms with E-state index in [1.165, 1.54) is 83.5 Å². The zero-order chi connectivity index (χ0) is 91.4. The van der Waals surface area contributed by atoms with E-state index in [1.54, 1.807) is 27.7 Å². The van der Waals surface area contributed by atoms with Gasteiger partial charge in [-0.1, -0.05) is 151 Å². The Balaban J connectivity index is 0.00000163. The average Bonchev–Trinajstić information content (AvgIpc) is 1.52. The van der Waals surface area contributed by atoms with Gasteiger partial charge in [0, 0.05) is 37.5 Å². The Morgan fingerprint density at radius 2 is 0.810 bits per heavy atom. The van der Waals surface area contributed by atoms with Crippen molar-refractivity contribution in [1.29, 1.82) is 0 Å². The first kappa shape index (κ1) is 132. The molecule has 19 saturated carbocycles. The smallest absolute Gasteiger partial charge is 0.347 e. The maximum atomic E-state index is 13.4. The Morgan fingerprint density at radius 1 is 0.387 bits per heavy atom. The second kappa shape index (κ2) is 50.9. The average molecular weight is 1950 g/mol. The quantitative estimate of drug-likeness (QED) is 0.0462. The molecule has 10 unspecified atom stereocenters. The van der Waals surface area contributed by atoms with Crippen molar-refractivity contribution in [1.82, 2.24) is 0 Å². The van der Waals surface area contributed by atoms with Gasteiger partial charge in [-0.3, -0.25) is 38.4 Å². The molecular weight excluding hydrogens is 1740 g/mol. The van der Waals surface area contributed by atoms with Gasteiger partial charge in [0.1, 0.15) is 35.1 Å². The van der Waals surface area contributed by atoms with Crippen LogP contribution in [0.2, 0.25) is 0 Å². The monoisotopic (exact) mass is 1950 g/mol. The van der Waals surface area contributed by atoms with Crippen LogP contribution in [0.5, 0.6) is 0 Å². The van der Waals surface area contributed by atoms with E-state index >= 15 is 0 Å². The zero-order valence-corrected chi connectivity index (χ0v) is 80.3. The first-order valence-corrected chi connectivity index (χ1v) is 49.6. The fraction of sp³-hybridized carbons (Fsp3) is 0.912. The molecule has 0 spiro atoms. The molecule has 23 heteroatoms. The lowest BCUT2D eigenvalue weighted by atomic mass is 9.48. The first-order valence-electron chi connectivity index (χ1n) is 49.6. The lowest BCUT2D eigenvalue weighted by Gasteiger charge is -2.62. The fourth-order valence-electron chi connectivity index (χ4n) is 26.3. The number of hydrogen-bond acceptors (Lipinski definition) is 23. The molecule has 0 aromatic heterocycles. The predicted octanol–water partition coefficient (Wildman–Crippen LogP) is 26.7. The fourth-order valence-corrected chi connectivity index (χ4v) is 26.3. The minimum absolute atomic E-state index is 0. The van der Waals surface area contributed by atoms with Gasteiger partial charge >= 0.3 is 59.7 Å². The van der Waals surface area contributed by atoms with Gasteiger partial charge in [-0.15, -0.1) is 0 Å². The molecule has 0 amide bonds. The van der Waals surface area contributed by atoms with Crippen LogP contribution in [0.1, 0.15) is 465 Å². The van der Waals surface area contributed by atoms with Gasteiger partial charge < -0.3 is 62.3 Å².